The van der Waals surface area contributed by atoms with Crippen molar-refractivity contribution in [1.29, 1.82) is 0 Å². The van der Waals surface area contributed by atoms with E-state index in [4.69, 9.17) is 14.5 Å². The predicted molar refractivity (Wildman–Crippen MR) is 151 cm³/mol. The molecule has 2 aliphatic rings. The molecular weight excluding hydrogens is 598 g/mol. The Morgan fingerprint density at radius 2 is 1.91 bits per heavy atom. The third-order valence-electron chi connectivity index (χ3n) is 8.38. The summed E-state index contributed by atoms with van der Waals surface area (Å²) in [7, 11) is -4.07. The average molecular weight is 629 g/mol. The zero-order chi connectivity index (χ0) is 31.6. The lowest BCUT2D eigenvalue weighted by Gasteiger charge is -2.41. The summed E-state index contributed by atoms with van der Waals surface area (Å²) >= 11 is 0. The Morgan fingerprint density at radius 1 is 1.16 bits per heavy atom. The Labute approximate surface area is 251 Å². The van der Waals surface area contributed by atoms with Crippen LogP contribution in [0.15, 0.2) is 47.6 Å². The minimum Gasteiger partial charge on any atom is -0.481 e. The van der Waals surface area contributed by atoms with Crippen molar-refractivity contribution in [1.82, 2.24) is 28.9 Å². The number of halogens is 2. The number of alkyl halides is 2. The third kappa shape index (κ3) is 4.79. The van der Waals surface area contributed by atoms with Gasteiger partial charge >= 0.3 is 5.97 Å². The molecule has 0 amide bonds. The molecule has 0 unspecified atom stereocenters. The number of pyridine rings is 3. The molecule has 0 aliphatic carbocycles. The number of rotatable bonds is 7. The molecule has 4 aromatic heterocycles. The molecule has 44 heavy (non-hydrogen) atoms. The van der Waals surface area contributed by atoms with Crippen LogP contribution < -0.4 is 4.74 Å². The number of nitrogens with zero attached hydrogens (tertiary/aromatic N) is 6. The van der Waals surface area contributed by atoms with Crippen LogP contribution in [0.2, 0.25) is 0 Å². The minimum absolute atomic E-state index is 0.00375. The van der Waals surface area contributed by atoms with Gasteiger partial charge in [-0.05, 0) is 68.7 Å². The third-order valence-corrected chi connectivity index (χ3v) is 10.2. The molecule has 0 aromatic carbocycles. The predicted octanol–water partition coefficient (Wildman–Crippen LogP) is 3.67. The summed E-state index contributed by atoms with van der Waals surface area (Å²) in [4.78, 5) is 21.6. The lowest BCUT2D eigenvalue weighted by atomic mass is 9.72. The zero-order valence-corrected chi connectivity index (χ0v) is 25.2. The maximum atomic E-state index is 13.9. The van der Waals surface area contributed by atoms with Gasteiger partial charge in [-0.1, -0.05) is 6.07 Å². The molecule has 6 heterocycles. The second-order valence-corrected chi connectivity index (χ2v) is 13.7. The fourth-order valence-corrected chi connectivity index (χ4v) is 7.29. The largest absolute Gasteiger partial charge is 0.481 e. The molecule has 1 atom stereocenters. The van der Waals surface area contributed by atoms with Crippen LogP contribution in [0, 0.1) is 19.3 Å². The van der Waals surface area contributed by atoms with E-state index in [1.165, 1.54) is 33.2 Å². The maximum Gasteiger partial charge on any atom is 0.310 e. The molecule has 0 saturated carbocycles. The minimum atomic E-state index is -4.07. The van der Waals surface area contributed by atoms with Gasteiger partial charge in [0, 0.05) is 24.0 Å². The summed E-state index contributed by atoms with van der Waals surface area (Å²) < 4.78 is 68.7. The fourth-order valence-electron chi connectivity index (χ4n) is 5.75. The highest BCUT2D eigenvalue weighted by Crippen LogP contribution is 2.43. The Bertz CT molecular complexity index is 1890. The van der Waals surface area contributed by atoms with Crippen LogP contribution in [-0.4, -0.2) is 73.7 Å². The van der Waals surface area contributed by atoms with E-state index in [0.29, 0.717) is 28.1 Å². The lowest BCUT2D eigenvalue weighted by molar-refractivity contribution is -0.166. The molecule has 2 aliphatic heterocycles. The summed E-state index contributed by atoms with van der Waals surface area (Å²) in [6.07, 6.45) is 0.00955. The first-order valence-corrected chi connectivity index (χ1v) is 15.2. The molecule has 1 saturated heterocycles. The van der Waals surface area contributed by atoms with Gasteiger partial charge in [-0.3, -0.25) is 14.2 Å². The van der Waals surface area contributed by atoms with Gasteiger partial charge in [-0.25, -0.2) is 22.2 Å². The molecular formula is C29H30F2N6O6S. The zero-order valence-electron chi connectivity index (χ0n) is 24.4. The van der Waals surface area contributed by atoms with Crippen molar-refractivity contribution < 1.29 is 36.6 Å². The van der Waals surface area contributed by atoms with Gasteiger partial charge in [-0.15, -0.1) is 10.2 Å². The number of carboxylic acid groups (broad SMARTS) is 1. The molecule has 0 bridgehead atoms. The van der Waals surface area contributed by atoms with Gasteiger partial charge < -0.3 is 14.6 Å². The average Bonchev–Trinajstić information content (AvgIpc) is 3.36. The Hall–Kier alpha value is -4.08. The molecule has 1 fully saturated rings. The second-order valence-electron chi connectivity index (χ2n) is 11.8. The van der Waals surface area contributed by atoms with Crippen LogP contribution in [0.4, 0.5) is 8.78 Å². The number of aliphatic carboxylic acids is 1. The van der Waals surface area contributed by atoms with Gasteiger partial charge in [0.05, 0.1) is 37.4 Å². The van der Waals surface area contributed by atoms with Crippen molar-refractivity contribution in [2.75, 3.05) is 19.8 Å². The maximum absolute atomic E-state index is 13.9. The Balaban J connectivity index is 1.45. The number of carboxylic acids is 1. The Morgan fingerprint density at radius 3 is 2.57 bits per heavy atom. The number of aromatic nitrogens is 5. The molecule has 6 rings (SSSR count). The van der Waals surface area contributed by atoms with Crippen LogP contribution in [0.25, 0.3) is 5.65 Å². The standard InChI is InChI=1S/C29H30F2N6O6S/c1-16-7-8-19(22(28(3,4)27(38)39)18-9-11-37-24(17(18)2)34-35-25(37)23(30)31)33-20(16)12-36-13-29(14-42-15-29)43-26-21(44(36,40)41)6-5-10-32-26/h5-11,22-23H,12-15H2,1-4H3,(H,38,39)/t22-/m0/s1. The molecule has 12 nitrogen and oxygen atoms in total. The molecule has 232 valence electrons. The van der Waals surface area contributed by atoms with Crippen molar-refractivity contribution in [3.63, 3.8) is 0 Å². The monoisotopic (exact) mass is 628 g/mol. The van der Waals surface area contributed by atoms with Crippen LogP contribution in [-0.2, 0) is 26.1 Å². The molecule has 1 spiro atoms. The van der Waals surface area contributed by atoms with E-state index in [0.717, 1.165) is 0 Å². The highest BCUT2D eigenvalue weighted by molar-refractivity contribution is 7.89. The summed E-state index contributed by atoms with van der Waals surface area (Å²) in [5.74, 6) is -2.48. The number of sulfonamides is 1. The van der Waals surface area contributed by atoms with Crippen molar-refractivity contribution in [3.05, 3.63) is 76.6 Å². The number of aryl methyl sites for hydroxylation is 2. The van der Waals surface area contributed by atoms with Crippen molar-refractivity contribution >= 4 is 21.6 Å². The van der Waals surface area contributed by atoms with Crippen LogP contribution in [0.3, 0.4) is 0 Å². The van der Waals surface area contributed by atoms with Crippen LogP contribution in [0.1, 0.15) is 60.1 Å². The van der Waals surface area contributed by atoms with Gasteiger partial charge in [0.25, 0.3) is 6.43 Å². The summed E-state index contributed by atoms with van der Waals surface area (Å²) in [6, 6.07) is 8.01. The summed E-state index contributed by atoms with van der Waals surface area (Å²) in [6.45, 7) is 6.83. The van der Waals surface area contributed by atoms with Crippen molar-refractivity contribution in [2.24, 2.45) is 5.41 Å². The Kier molecular flexibility index (Phi) is 7.17. The first kappa shape index (κ1) is 30.0. The van der Waals surface area contributed by atoms with Gasteiger partial charge in [0.1, 0.15) is 4.90 Å². The first-order valence-electron chi connectivity index (χ1n) is 13.8. The smallest absolute Gasteiger partial charge is 0.310 e. The molecule has 1 N–H and O–H groups in total. The van der Waals surface area contributed by atoms with E-state index in [1.54, 1.807) is 45.9 Å². The van der Waals surface area contributed by atoms with E-state index in [9.17, 15) is 27.1 Å². The highest BCUT2D eigenvalue weighted by atomic mass is 32.2. The topological polar surface area (TPSA) is 149 Å². The summed E-state index contributed by atoms with van der Waals surface area (Å²) in [5.41, 5.74) is 0.306. The fraction of sp³-hybridized carbons (Fsp3) is 0.414. The number of hydrogen-bond acceptors (Lipinski definition) is 9. The number of ether oxygens (including phenoxy) is 2. The van der Waals surface area contributed by atoms with E-state index in [2.05, 4.69) is 15.2 Å². The van der Waals surface area contributed by atoms with E-state index in [1.807, 2.05) is 0 Å². The number of fused-ring (bicyclic) bond motifs is 2. The van der Waals surface area contributed by atoms with E-state index >= 15 is 0 Å². The molecule has 0 radical (unpaired) electrons. The quantitative estimate of drug-likeness (QED) is 0.321. The van der Waals surface area contributed by atoms with Gasteiger partial charge in [0.2, 0.25) is 21.7 Å². The van der Waals surface area contributed by atoms with Gasteiger partial charge in [0.15, 0.2) is 11.2 Å². The van der Waals surface area contributed by atoms with E-state index < -0.39 is 45.2 Å². The number of hydrogen-bond donors (Lipinski definition) is 1. The highest BCUT2D eigenvalue weighted by Gasteiger charge is 2.50. The summed E-state index contributed by atoms with van der Waals surface area (Å²) in [5, 5.41) is 17.9. The van der Waals surface area contributed by atoms with Gasteiger partial charge in [-0.2, -0.15) is 4.31 Å². The molecule has 15 heteroatoms. The van der Waals surface area contributed by atoms with Crippen LogP contribution in [0.5, 0.6) is 5.88 Å². The van der Waals surface area contributed by atoms with Crippen molar-refractivity contribution in [3.8, 4) is 5.88 Å². The lowest BCUT2D eigenvalue weighted by Crippen LogP contribution is -2.60. The van der Waals surface area contributed by atoms with Crippen LogP contribution >= 0.6 is 0 Å². The SMILES string of the molecule is Cc1ccc([C@H](c2ccn3c(C(F)F)nnc3c2C)C(C)(C)C(=O)O)nc1CN1CC2(COC2)Oc2ncccc2S1(=O)=O. The normalized spacial score (nSPS) is 18.4. The second kappa shape index (κ2) is 10.5. The number of carbonyl (C=O) groups is 1. The van der Waals surface area contributed by atoms with E-state index in [-0.39, 0.29) is 42.7 Å². The molecule has 4 aromatic rings. The van der Waals surface area contributed by atoms with Crippen molar-refractivity contribution in [2.45, 2.75) is 57.1 Å². The first-order chi connectivity index (χ1) is 20.7.